The molecule has 32 heavy (non-hydrogen) atoms. The second-order valence-electron chi connectivity index (χ2n) is 7.51. The third kappa shape index (κ3) is 3.95. The first kappa shape index (κ1) is 21.9. The fourth-order valence-electron chi connectivity index (χ4n) is 3.97. The second kappa shape index (κ2) is 8.65. The molecule has 3 aromatic rings. The summed E-state index contributed by atoms with van der Waals surface area (Å²) in [4.78, 5) is 25.9. The van der Waals surface area contributed by atoms with E-state index in [4.69, 9.17) is 5.21 Å². The number of anilines is 1. The summed E-state index contributed by atoms with van der Waals surface area (Å²) in [5, 5.41) is 10.6. The van der Waals surface area contributed by atoms with E-state index in [0.717, 1.165) is 5.39 Å². The van der Waals surface area contributed by atoms with Gasteiger partial charge in [0.15, 0.2) is 7.05 Å². The Bertz CT molecular complexity index is 1300. The minimum atomic E-state index is -3.70. The van der Waals surface area contributed by atoms with Gasteiger partial charge >= 0.3 is 0 Å². The van der Waals surface area contributed by atoms with Crippen molar-refractivity contribution in [1.29, 1.82) is 0 Å². The van der Waals surface area contributed by atoms with Gasteiger partial charge in [-0.2, -0.15) is 4.31 Å². The molecule has 1 heterocycles. The fraction of sp³-hybridized carbons (Fsp3) is 0.227. The molecular formula is C22H23N4O5S+. The molecule has 4 rings (SSSR count). The van der Waals surface area contributed by atoms with Gasteiger partial charge in [-0.15, -0.1) is 0 Å². The molecule has 0 aliphatic carbocycles. The van der Waals surface area contributed by atoms with E-state index in [1.165, 1.54) is 17.4 Å². The lowest BCUT2D eigenvalue weighted by Gasteiger charge is -2.36. The molecule has 0 spiro atoms. The maximum atomic E-state index is 13.4. The number of benzene rings is 3. The van der Waals surface area contributed by atoms with Crippen molar-refractivity contribution in [2.24, 2.45) is 0 Å². The molecule has 1 saturated heterocycles. The quantitative estimate of drug-likeness (QED) is 0.348. The zero-order chi connectivity index (χ0) is 22.9. The molecule has 0 saturated carbocycles. The Morgan fingerprint density at radius 2 is 1.69 bits per heavy atom. The number of nitroso groups, excluding NO2 is 1. The number of nitrogens with zero attached hydrogens (tertiary/aromatic N) is 3. The van der Waals surface area contributed by atoms with Crippen molar-refractivity contribution in [3.05, 3.63) is 71.1 Å². The Balaban J connectivity index is 1.59. The van der Waals surface area contributed by atoms with E-state index in [1.54, 1.807) is 35.8 Å². The monoisotopic (exact) mass is 455 g/mol. The second-order valence-corrected chi connectivity index (χ2v) is 9.41. The van der Waals surface area contributed by atoms with E-state index in [1.807, 2.05) is 29.2 Å². The molecule has 3 aromatic carbocycles. The molecule has 0 unspecified atom stereocenters. The normalized spacial score (nSPS) is 15.0. The Kier molecular flexibility index (Phi) is 5.92. The van der Waals surface area contributed by atoms with E-state index >= 15 is 0 Å². The molecule has 1 amide bonds. The predicted octanol–water partition coefficient (Wildman–Crippen LogP) is 2.51. The number of hydrogen-bond donors (Lipinski definition) is 2. The van der Waals surface area contributed by atoms with Crippen LogP contribution in [0.15, 0.2) is 65.6 Å². The summed E-state index contributed by atoms with van der Waals surface area (Å²) in [5.74, 6) is -0.741. The Morgan fingerprint density at radius 3 is 2.38 bits per heavy atom. The van der Waals surface area contributed by atoms with Crippen LogP contribution >= 0.6 is 0 Å². The SMILES string of the molecule is C[N+](=O)c1ccc(N2CCN(S(=O)(=O)c3cccc4ccccc34)CC2)c(C(=O)NO)c1. The van der Waals surface area contributed by atoms with E-state index in [0.29, 0.717) is 28.9 Å². The van der Waals surface area contributed by atoms with Crippen molar-refractivity contribution in [3.63, 3.8) is 0 Å². The summed E-state index contributed by atoms with van der Waals surface area (Å²) < 4.78 is 28.8. The first-order valence-corrected chi connectivity index (χ1v) is 11.5. The molecule has 10 heteroatoms. The van der Waals surface area contributed by atoms with Gasteiger partial charge in [-0.25, -0.2) is 13.9 Å². The van der Waals surface area contributed by atoms with Gasteiger partial charge in [0.25, 0.3) is 11.6 Å². The highest BCUT2D eigenvalue weighted by Gasteiger charge is 2.31. The van der Waals surface area contributed by atoms with Crippen LogP contribution in [0, 0.1) is 4.91 Å². The number of hydroxylamine groups is 1. The molecule has 9 nitrogen and oxygen atoms in total. The number of carbonyl (C=O) groups is 1. The van der Waals surface area contributed by atoms with Crippen molar-refractivity contribution >= 4 is 38.1 Å². The van der Waals surface area contributed by atoms with E-state index in [-0.39, 0.29) is 29.2 Å². The average molecular weight is 456 g/mol. The smallest absolute Gasteiger partial charge is 0.276 e. The number of rotatable bonds is 5. The standard InChI is InChI=1S/C22H22N4O5S/c1-24(29)17-9-10-20(19(15-17)22(27)23-28)25-11-13-26(14-12-25)32(30,31)21-8-4-6-16-5-2-3-7-18(16)21/h2-10,15H,11-14H2,1H3,(H-,23,27,28)/p+1. The van der Waals surface area contributed by atoms with Gasteiger partial charge in [-0.3, -0.25) is 10.0 Å². The van der Waals surface area contributed by atoms with Gasteiger partial charge in [-0.1, -0.05) is 36.4 Å². The van der Waals surface area contributed by atoms with Crippen molar-refractivity contribution in [2.75, 3.05) is 38.1 Å². The van der Waals surface area contributed by atoms with Crippen LogP contribution in [0.2, 0.25) is 0 Å². The Labute approximate surface area is 185 Å². The van der Waals surface area contributed by atoms with Crippen LogP contribution < -0.4 is 10.4 Å². The fourth-order valence-corrected chi connectivity index (χ4v) is 5.60. The van der Waals surface area contributed by atoms with Gasteiger partial charge < -0.3 is 4.90 Å². The van der Waals surface area contributed by atoms with Gasteiger partial charge in [-0.05, 0) is 17.5 Å². The largest absolute Gasteiger partial charge is 0.368 e. The van der Waals surface area contributed by atoms with E-state index in [2.05, 4.69) is 0 Å². The number of sulfonamides is 1. The number of hydrogen-bond acceptors (Lipinski definition) is 6. The Morgan fingerprint density at radius 1 is 1.00 bits per heavy atom. The van der Waals surface area contributed by atoms with Crippen LogP contribution in [0.4, 0.5) is 11.4 Å². The highest BCUT2D eigenvalue weighted by molar-refractivity contribution is 7.89. The van der Waals surface area contributed by atoms with E-state index in [9.17, 15) is 18.1 Å². The minimum absolute atomic E-state index is 0.137. The number of nitrogens with one attached hydrogen (secondary N) is 1. The lowest BCUT2D eigenvalue weighted by Crippen LogP contribution is -2.49. The number of piperazine rings is 1. The lowest BCUT2D eigenvalue weighted by atomic mass is 10.1. The Hall–Kier alpha value is -3.34. The lowest BCUT2D eigenvalue weighted by molar-refractivity contribution is -0.428. The van der Waals surface area contributed by atoms with Gasteiger partial charge in [0.1, 0.15) is 0 Å². The highest BCUT2D eigenvalue weighted by Crippen LogP contribution is 2.29. The summed E-state index contributed by atoms with van der Waals surface area (Å²) >= 11 is 0. The number of fused-ring (bicyclic) bond motifs is 1. The predicted molar refractivity (Wildman–Crippen MR) is 120 cm³/mol. The summed E-state index contributed by atoms with van der Waals surface area (Å²) in [7, 11) is -2.39. The summed E-state index contributed by atoms with van der Waals surface area (Å²) in [6.45, 7) is 1.16. The maximum absolute atomic E-state index is 13.4. The number of amides is 1. The van der Waals surface area contributed by atoms with Crippen molar-refractivity contribution < 1.29 is 23.2 Å². The third-order valence-electron chi connectivity index (χ3n) is 5.64. The van der Waals surface area contributed by atoms with E-state index < -0.39 is 15.9 Å². The molecular weight excluding hydrogens is 432 g/mol. The molecule has 0 atom stereocenters. The summed E-state index contributed by atoms with van der Waals surface area (Å²) in [5.41, 5.74) is 2.53. The molecule has 0 bridgehead atoms. The summed E-state index contributed by atoms with van der Waals surface area (Å²) in [6, 6.07) is 17.2. The zero-order valence-electron chi connectivity index (χ0n) is 17.4. The highest BCUT2D eigenvalue weighted by atomic mass is 32.2. The van der Waals surface area contributed by atoms with Crippen LogP contribution in [-0.2, 0) is 10.0 Å². The van der Waals surface area contributed by atoms with Gasteiger partial charge in [0.2, 0.25) is 10.0 Å². The molecule has 1 fully saturated rings. The average Bonchev–Trinajstić information content (AvgIpc) is 2.82. The summed E-state index contributed by atoms with van der Waals surface area (Å²) in [6.07, 6.45) is 0. The van der Waals surface area contributed by atoms with Crippen LogP contribution in [-0.4, -0.2) is 61.8 Å². The first-order chi connectivity index (χ1) is 15.3. The van der Waals surface area contributed by atoms with Gasteiger partial charge in [0, 0.05) is 53.4 Å². The minimum Gasteiger partial charge on any atom is -0.368 e. The van der Waals surface area contributed by atoms with Crippen LogP contribution in [0.5, 0.6) is 0 Å². The van der Waals surface area contributed by atoms with Gasteiger partial charge in [0.05, 0.1) is 16.1 Å². The molecule has 2 N–H and O–H groups in total. The molecule has 1 aliphatic rings. The van der Waals surface area contributed by atoms with Crippen molar-refractivity contribution in [2.45, 2.75) is 4.90 Å². The molecule has 1 aliphatic heterocycles. The topological polar surface area (TPSA) is 110 Å². The first-order valence-electron chi connectivity index (χ1n) is 10.0. The number of carbonyl (C=O) groups excluding carboxylic acids is 1. The van der Waals surface area contributed by atoms with Crippen molar-refractivity contribution in [3.8, 4) is 0 Å². The van der Waals surface area contributed by atoms with Crippen LogP contribution in [0.3, 0.4) is 0 Å². The molecule has 0 radical (unpaired) electrons. The molecule has 0 aromatic heterocycles. The zero-order valence-corrected chi connectivity index (χ0v) is 18.2. The van der Waals surface area contributed by atoms with Crippen molar-refractivity contribution in [1.82, 2.24) is 9.79 Å². The van der Waals surface area contributed by atoms with Crippen LogP contribution in [0.25, 0.3) is 10.8 Å². The third-order valence-corrected chi connectivity index (χ3v) is 7.59. The maximum Gasteiger partial charge on any atom is 0.276 e. The van der Waals surface area contributed by atoms with Crippen LogP contribution in [0.1, 0.15) is 10.4 Å². The molecule has 166 valence electrons.